The number of fused-ring (bicyclic) bond motifs is 1. The minimum atomic E-state index is -1.05. The molecule has 140 valence electrons. The van der Waals surface area contributed by atoms with Crippen molar-refractivity contribution < 1.29 is 19.4 Å². The second-order valence-corrected chi connectivity index (χ2v) is 6.07. The summed E-state index contributed by atoms with van der Waals surface area (Å²) in [5, 5.41) is 11.7. The Hall–Kier alpha value is -3.35. The van der Waals surface area contributed by atoms with E-state index >= 15 is 0 Å². The van der Waals surface area contributed by atoms with E-state index in [1.54, 1.807) is 11.5 Å². The lowest BCUT2D eigenvalue weighted by Crippen LogP contribution is -2.41. The van der Waals surface area contributed by atoms with Gasteiger partial charge in [-0.1, -0.05) is 37.3 Å². The van der Waals surface area contributed by atoms with Gasteiger partial charge in [0.2, 0.25) is 5.91 Å². The van der Waals surface area contributed by atoms with Crippen molar-refractivity contribution in [3.8, 4) is 5.75 Å². The molecule has 0 saturated carbocycles. The molecule has 0 spiro atoms. The first-order valence-corrected chi connectivity index (χ1v) is 8.72. The number of carbonyl (C=O) groups is 2. The number of ether oxygens (including phenoxy) is 1. The van der Waals surface area contributed by atoms with Crippen LogP contribution in [-0.4, -0.2) is 32.6 Å². The fraction of sp³-hybridized carbons (Fsp3) is 0.250. The van der Waals surface area contributed by atoms with E-state index in [0.29, 0.717) is 18.0 Å². The Bertz CT molecular complexity index is 937. The maximum absolute atomic E-state index is 12.4. The lowest BCUT2D eigenvalue weighted by molar-refractivity contribution is -0.142. The third kappa shape index (κ3) is 4.44. The van der Waals surface area contributed by atoms with Crippen LogP contribution in [0.4, 0.5) is 0 Å². The van der Waals surface area contributed by atoms with Gasteiger partial charge in [-0.3, -0.25) is 4.79 Å². The van der Waals surface area contributed by atoms with Gasteiger partial charge in [0.15, 0.2) is 0 Å². The fourth-order valence-corrected chi connectivity index (χ4v) is 2.80. The smallest absolute Gasteiger partial charge is 0.326 e. The third-order valence-electron chi connectivity index (χ3n) is 4.19. The molecule has 3 rings (SSSR count). The molecule has 1 amide bonds. The number of carboxylic acid groups (broad SMARTS) is 1. The van der Waals surface area contributed by atoms with Crippen LogP contribution in [0.5, 0.6) is 5.75 Å². The van der Waals surface area contributed by atoms with Crippen LogP contribution in [0.3, 0.4) is 0 Å². The zero-order valence-corrected chi connectivity index (χ0v) is 15.0. The summed E-state index contributed by atoms with van der Waals surface area (Å²) in [7, 11) is 0. The van der Waals surface area contributed by atoms with Gasteiger partial charge in [-0.2, -0.15) is 0 Å². The number of nitrogens with one attached hydrogen (secondary N) is 1. The first-order chi connectivity index (χ1) is 13.1. The summed E-state index contributed by atoms with van der Waals surface area (Å²) in [6, 6.07) is 15.9. The second kappa shape index (κ2) is 8.35. The van der Waals surface area contributed by atoms with Gasteiger partial charge in [0.05, 0.1) is 11.0 Å². The number of aromatic nitrogens is 2. The van der Waals surface area contributed by atoms with Gasteiger partial charge in [-0.05, 0) is 30.7 Å². The highest BCUT2D eigenvalue weighted by Gasteiger charge is 2.20. The van der Waals surface area contributed by atoms with Crippen LogP contribution < -0.4 is 10.1 Å². The van der Waals surface area contributed by atoms with E-state index in [1.807, 2.05) is 54.6 Å². The van der Waals surface area contributed by atoms with Gasteiger partial charge in [-0.25, -0.2) is 9.78 Å². The molecule has 2 N–H and O–H groups in total. The van der Waals surface area contributed by atoms with Crippen LogP contribution in [0.2, 0.25) is 0 Å². The summed E-state index contributed by atoms with van der Waals surface area (Å²) in [5.74, 6) is -0.126. The number of para-hydroxylation sites is 3. The van der Waals surface area contributed by atoms with E-state index in [2.05, 4.69) is 10.3 Å². The maximum Gasteiger partial charge on any atom is 0.326 e. The standard InChI is InChI=1S/C20H21N3O4/c1-2-15(20(25)26)22-19(24)12-23-17-11-7-6-10-16(17)21-18(23)13-27-14-8-4-3-5-9-14/h3-11,15H,2,12-13H2,1H3,(H,22,24)(H,25,26). The largest absolute Gasteiger partial charge is 0.486 e. The van der Waals surface area contributed by atoms with Crippen molar-refractivity contribution in [3.05, 3.63) is 60.4 Å². The number of rotatable bonds is 8. The zero-order valence-electron chi connectivity index (χ0n) is 15.0. The number of nitrogens with zero attached hydrogens (tertiary/aromatic N) is 2. The van der Waals surface area contributed by atoms with E-state index in [0.717, 1.165) is 11.0 Å². The minimum absolute atomic E-state index is 0.0300. The molecule has 0 aliphatic carbocycles. The average molecular weight is 367 g/mol. The first kappa shape index (κ1) is 18.4. The van der Waals surface area contributed by atoms with E-state index in [9.17, 15) is 9.59 Å². The third-order valence-corrected chi connectivity index (χ3v) is 4.19. The van der Waals surface area contributed by atoms with Gasteiger partial charge in [-0.15, -0.1) is 0 Å². The number of imidazole rings is 1. The van der Waals surface area contributed by atoms with Gasteiger partial charge < -0.3 is 19.7 Å². The van der Waals surface area contributed by atoms with Crippen molar-refractivity contribution in [2.24, 2.45) is 0 Å². The molecule has 1 aromatic heterocycles. The second-order valence-electron chi connectivity index (χ2n) is 6.07. The van der Waals surface area contributed by atoms with E-state index in [4.69, 9.17) is 9.84 Å². The molecule has 7 nitrogen and oxygen atoms in total. The summed E-state index contributed by atoms with van der Waals surface area (Å²) in [6.07, 6.45) is 0.315. The molecule has 2 aromatic carbocycles. The molecule has 0 saturated heterocycles. The van der Waals surface area contributed by atoms with E-state index in [-0.39, 0.29) is 19.1 Å². The predicted octanol–water partition coefficient (Wildman–Crippen LogP) is 2.59. The zero-order chi connectivity index (χ0) is 19.2. The number of amides is 1. The molecule has 0 fully saturated rings. The number of hydrogen-bond acceptors (Lipinski definition) is 4. The van der Waals surface area contributed by atoms with Gasteiger partial charge in [0.25, 0.3) is 0 Å². The SMILES string of the molecule is CCC(NC(=O)Cn1c(COc2ccccc2)nc2ccccc21)C(=O)O. The lowest BCUT2D eigenvalue weighted by atomic mass is 10.2. The van der Waals surface area contributed by atoms with Crippen molar-refractivity contribution in [3.63, 3.8) is 0 Å². The average Bonchev–Trinajstić information content (AvgIpc) is 3.02. The maximum atomic E-state index is 12.4. The fourth-order valence-electron chi connectivity index (χ4n) is 2.80. The molecular formula is C20H21N3O4. The number of aliphatic carboxylic acids is 1. The highest BCUT2D eigenvalue weighted by molar-refractivity contribution is 5.85. The normalized spacial score (nSPS) is 11.9. The number of carbonyl (C=O) groups excluding carboxylic acids is 1. The van der Waals surface area contributed by atoms with Crippen molar-refractivity contribution >= 4 is 22.9 Å². The Labute approximate surface area is 156 Å². The molecule has 1 heterocycles. The molecule has 0 aliphatic heterocycles. The molecule has 3 aromatic rings. The van der Waals surface area contributed by atoms with Crippen LogP contribution in [0, 0.1) is 0 Å². The molecule has 0 aliphatic rings. The molecular weight excluding hydrogens is 346 g/mol. The Morgan fingerprint density at radius 2 is 1.85 bits per heavy atom. The molecule has 1 atom stereocenters. The molecule has 0 bridgehead atoms. The minimum Gasteiger partial charge on any atom is -0.486 e. The molecule has 7 heteroatoms. The molecule has 27 heavy (non-hydrogen) atoms. The number of benzene rings is 2. The quantitative estimate of drug-likeness (QED) is 0.638. The summed E-state index contributed by atoms with van der Waals surface area (Å²) in [6.45, 7) is 1.88. The summed E-state index contributed by atoms with van der Waals surface area (Å²) in [5.41, 5.74) is 1.55. The van der Waals surface area contributed by atoms with Gasteiger partial charge >= 0.3 is 5.97 Å². The highest BCUT2D eigenvalue weighted by atomic mass is 16.5. The number of hydrogen-bond donors (Lipinski definition) is 2. The first-order valence-electron chi connectivity index (χ1n) is 8.72. The van der Waals surface area contributed by atoms with Crippen LogP contribution >= 0.6 is 0 Å². The Morgan fingerprint density at radius 1 is 1.15 bits per heavy atom. The monoisotopic (exact) mass is 367 g/mol. The summed E-state index contributed by atoms with van der Waals surface area (Å²) >= 11 is 0. The van der Waals surface area contributed by atoms with E-state index < -0.39 is 12.0 Å². The summed E-state index contributed by atoms with van der Waals surface area (Å²) < 4.78 is 7.53. The van der Waals surface area contributed by atoms with Crippen LogP contribution in [0.25, 0.3) is 11.0 Å². The van der Waals surface area contributed by atoms with Crippen molar-refractivity contribution in [2.75, 3.05) is 0 Å². The van der Waals surface area contributed by atoms with Crippen molar-refractivity contribution in [1.29, 1.82) is 0 Å². The van der Waals surface area contributed by atoms with Crippen LogP contribution in [0.15, 0.2) is 54.6 Å². The van der Waals surface area contributed by atoms with Gasteiger partial charge in [0.1, 0.15) is 30.8 Å². The van der Waals surface area contributed by atoms with E-state index in [1.165, 1.54) is 0 Å². The van der Waals surface area contributed by atoms with Gasteiger partial charge in [0, 0.05) is 0 Å². The van der Waals surface area contributed by atoms with Crippen LogP contribution in [-0.2, 0) is 22.7 Å². The lowest BCUT2D eigenvalue weighted by Gasteiger charge is -2.14. The van der Waals surface area contributed by atoms with Crippen LogP contribution in [0.1, 0.15) is 19.2 Å². The highest BCUT2D eigenvalue weighted by Crippen LogP contribution is 2.18. The topological polar surface area (TPSA) is 93.5 Å². The van der Waals surface area contributed by atoms with Crippen molar-refractivity contribution in [1.82, 2.24) is 14.9 Å². The molecule has 0 radical (unpaired) electrons. The number of carboxylic acids is 1. The van der Waals surface area contributed by atoms with Crippen molar-refractivity contribution in [2.45, 2.75) is 32.5 Å². The summed E-state index contributed by atoms with van der Waals surface area (Å²) in [4.78, 5) is 28.1. The Kier molecular flexibility index (Phi) is 5.71. The Morgan fingerprint density at radius 3 is 2.56 bits per heavy atom. The molecule has 1 unspecified atom stereocenters. The predicted molar refractivity (Wildman–Crippen MR) is 100 cm³/mol. The Balaban J connectivity index is 1.82.